The molecule has 0 saturated carbocycles. The Morgan fingerprint density at radius 3 is 2.60 bits per heavy atom. The number of nitrogens with zero attached hydrogens (tertiary/aromatic N) is 5. The van der Waals surface area contributed by atoms with Gasteiger partial charge in [-0.2, -0.15) is 18.3 Å². The number of aromatic hydroxyl groups is 1. The van der Waals surface area contributed by atoms with Crippen molar-refractivity contribution in [2.24, 2.45) is 0 Å². The lowest BCUT2D eigenvalue weighted by atomic mass is 10.0. The molecule has 2 N–H and O–H groups in total. The summed E-state index contributed by atoms with van der Waals surface area (Å²) >= 11 is 0. The van der Waals surface area contributed by atoms with Crippen LogP contribution in [0.15, 0.2) is 48.8 Å². The highest BCUT2D eigenvalue weighted by Gasteiger charge is 2.38. The lowest BCUT2D eigenvalue weighted by Crippen LogP contribution is -2.52. The Kier molecular flexibility index (Phi) is 5.75. The van der Waals surface area contributed by atoms with Gasteiger partial charge in [0.15, 0.2) is 17.4 Å². The molecule has 1 atom stereocenters. The molecule has 1 aliphatic rings. The number of hydrogen-bond donors (Lipinski definition) is 2. The molecule has 2 aromatic heterocycles. The Morgan fingerprint density at radius 2 is 1.86 bits per heavy atom. The van der Waals surface area contributed by atoms with Crippen LogP contribution in [0.1, 0.15) is 11.1 Å². The van der Waals surface area contributed by atoms with Crippen molar-refractivity contribution in [2.75, 3.05) is 24.5 Å². The van der Waals surface area contributed by atoms with Crippen LogP contribution in [0.2, 0.25) is 0 Å². The van der Waals surface area contributed by atoms with E-state index in [-0.39, 0.29) is 23.1 Å². The Hall–Kier alpha value is -3.80. The van der Waals surface area contributed by atoms with Crippen LogP contribution in [0, 0.1) is 11.6 Å². The molecule has 0 spiro atoms. The van der Waals surface area contributed by atoms with Crippen molar-refractivity contribution in [3.63, 3.8) is 0 Å². The third-order valence-corrected chi connectivity index (χ3v) is 5.82. The van der Waals surface area contributed by atoms with E-state index in [0.29, 0.717) is 25.6 Å². The second kappa shape index (κ2) is 8.77. The van der Waals surface area contributed by atoms with Gasteiger partial charge in [0.1, 0.15) is 16.7 Å². The highest BCUT2D eigenvalue weighted by atomic mass is 19.4. The van der Waals surface area contributed by atoms with Crippen LogP contribution in [0.4, 0.5) is 27.9 Å². The van der Waals surface area contributed by atoms with Gasteiger partial charge in [-0.25, -0.2) is 23.4 Å². The van der Waals surface area contributed by atoms with Crippen molar-refractivity contribution in [1.82, 2.24) is 25.1 Å². The minimum atomic E-state index is -5.14. The molecule has 1 aliphatic heterocycles. The molecule has 0 amide bonds. The van der Waals surface area contributed by atoms with Crippen molar-refractivity contribution >= 4 is 17.0 Å². The van der Waals surface area contributed by atoms with E-state index in [1.165, 1.54) is 18.0 Å². The maximum Gasteiger partial charge on any atom is 0.419 e. The number of halogens is 5. The van der Waals surface area contributed by atoms with E-state index >= 15 is 0 Å². The minimum Gasteiger partial charge on any atom is -0.503 e. The third kappa shape index (κ3) is 4.48. The smallest absolute Gasteiger partial charge is 0.419 e. The number of anilines is 1. The fourth-order valence-corrected chi connectivity index (χ4v) is 4.11. The maximum atomic E-state index is 14.5. The van der Waals surface area contributed by atoms with Gasteiger partial charge >= 0.3 is 6.18 Å². The van der Waals surface area contributed by atoms with Gasteiger partial charge in [-0.1, -0.05) is 30.3 Å². The van der Waals surface area contributed by atoms with Gasteiger partial charge in [0, 0.05) is 25.7 Å². The summed E-state index contributed by atoms with van der Waals surface area (Å²) in [6.07, 6.45) is -1.73. The molecule has 0 unspecified atom stereocenters. The summed E-state index contributed by atoms with van der Waals surface area (Å²) in [5, 5.41) is 17.1. The summed E-state index contributed by atoms with van der Waals surface area (Å²) in [4.78, 5) is 10.7. The van der Waals surface area contributed by atoms with E-state index in [1.54, 1.807) is 0 Å². The molecule has 0 bridgehead atoms. The summed E-state index contributed by atoms with van der Waals surface area (Å²) in [6, 6.07) is 10.4. The summed E-state index contributed by atoms with van der Waals surface area (Å²) in [5.74, 6) is -4.98. The van der Waals surface area contributed by atoms with E-state index in [9.17, 15) is 27.1 Å². The average Bonchev–Trinajstić information content (AvgIpc) is 3.26. The van der Waals surface area contributed by atoms with Crippen molar-refractivity contribution < 1.29 is 27.1 Å². The van der Waals surface area contributed by atoms with Crippen LogP contribution in [0.5, 0.6) is 5.75 Å². The molecule has 7 nitrogen and oxygen atoms in total. The molecule has 12 heteroatoms. The van der Waals surface area contributed by atoms with Gasteiger partial charge in [-0.15, -0.1) is 0 Å². The van der Waals surface area contributed by atoms with E-state index in [2.05, 4.69) is 20.4 Å². The normalized spacial score (nSPS) is 16.7. The standard InChI is InChI=1S/C23H19F5N6O/c24-19-15(23(26,27)28)9-18(20(25)21(19)35)34-12-17-16(32-34)10-30-22(31-17)33-7-6-29-14(11-33)8-13-4-2-1-3-5-13/h1-5,9-10,12,14,29,35H,6-8,11H2/t14-/m0/s1. The first kappa shape index (κ1) is 23.0. The first-order chi connectivity index (χ1) is 16.7. The first-order valence-corrected chi connectivity index (χ1v) is 10.7. The summed E-state index contributed by atoms with van der Waals surface area (Å²) in [6.45, 7) is 1.97. The van der Waals surface area contributed by atoms with Crippen molar-refractivity contribution in [1.29, 1.82) is 0 Å². The summed E-state index contributed by atoms with van der Waals surface area (Å²) in [5.41, 5.74) is -0.928. The van der Waals surface area contributed by atoms with Gasteiger partial charge < -0.3 is 15.3 Å². The second-order valence-electron chi connectivity index (χ2n) is 8.22. The van der Waals surface area contributed by atoms with Gasteiger partial charge in [-0.3, -0.25) is 0 Å². The van der Waals surface area contributed by atoms with Crippen molar-refractivity contribution in [2.45, 2.75) is 18.6 Å². The summed E-state index contributed by atoms with van der Waals surface area (Å²) < 4.78 is 68.5. The molecular weight excluding hydrogens is 471 g/mol. The van der Waals surface area contributed by atoms with Crippen LogP contribution >= 0.6 is 0 Å². The zero-order valence-corrected chi connectivity index (χ0v) is 18.1. The number of phenols is 1. The van der Waals surface area contributed by atoms with Gasteiger partial charge in [0.05, 0.1) is 18.0 Å². The number of hydrogen-bond acceptors (Lipinski definition) is 6. The fraction of sp³-hybridized carbons (Fsp3) is 0.261. The quantitative estimate of drug-likeness (QED) is 0.424. The van der Waals surface area contributed by atoms with Gasteiger partial charge in [-0.05, 0) is 18.1 Å². The molecule has 182 valence electrons. The molecule has 3 heterocycles. The largest absolute Gasteiger partial charge is 0.503 e. The van der Waals surface area contributed by atoms with Crippen molar-refractivity contribution in [3.8, 4) is 11.4 Å². The Morgan fingerprint density at radius 1 is 1.09 bits per heavy atom. The lowest BCUT2D eigenvalue weighted by molar-refractivity contribution is -0.140. The van der Waals surface area contributed by atoms with Gasteiger partial charge in [0.25, 0.3) is 0 Å². The molecular formula is C23H19F5N6O. The fourth-order valence-electron chi connectivity index (χ4n) is 4.11. The molecule has 2 aromatic carbocycles. The van der Waals surface area contributed by atoms with Crippen LogP contribution in [-0.4, -0.2) is 50.5 Å². The van der Waals surface area contributed by atoms with Crippen LogP contribution in [-0.2, 0) is 12.6 Å². The topological polar surface area (TPSA) is 79.1 Å². The minimum absolute atomic E-state index is 0.158. The van der Waals surface area contributed by atoms with Crippen LogP contribution in [0.25, 0.3) is 16.7 Å². The number of rotatable bonds is 4. The number of phenolic OH excluding ortho intramolecular Hbond substituents is 1. The Labute approximate surface area is 195 Å². The zero-order valence-electron chi connectivity index (χ0n) is 18.1. The molecule has 0 radical (unpaired) electrons. The average molecular weight is 490 g/mol. The van der Waals surface area contributed by atoms with E-state index in [4.69, 9.17) is 0 Å². The van der Waals surface area contributed by atoms with Crippen molar-refractivity contribution in [3.05, 3.63) is 71.6 Å². The Bertz CT molecular complexity index is 1370. The highest BCUT2D eigenvalue weighted by molar-refractivity contribution is 5.74. The predicted molar refractivity (Wildman–Crippen MR) is 117 cm³/mol. The highest BCUT2D eigenvalue weighted by Crippen LogP contribution is 2.38. The number of nitrogens with one attached hydrogen (secondary N) is 1. The number of piperazine rings is 1. The van der Waals surface area contributed by atoms with Crippen LogP contribution < -0.4 is 10.2 Å². The molecule has 0 aliphatic carbocycles. The molecule has 35 heavy (non-hydrogen) atoms. The lowest BCUT2D eigenvalue weighted by Gasteiger charge is -2.33. The molecule has 1 fully saturated rings. The zero-order chi connectivity index (χ0) is 24.7. The molecule has 1 saturated heterocycles. The second-order valence-corrected chi connectivity index (χ2v) is 8.22. The third-order valence-electron chi connectivity index (χ3n) is 5.82. The molecule has 5 rings (SSSR count). The Balaban J connectivity index is 1.44. The summed E-state index contributed by atoms with van der Waals surface area (Å²) in [7, 11) is 0. The number of aromatic nitrogens is 4. The maximum absolute atomic E-state index is 14.5. The predicted octanol–water partition coefficient (Wildman–Crippen LogP) is 3.84. The van der Waals surface area contributed by atoms with Gasteiger partial charge in [0.2, 0.25) is 5.95 Å². The van der Waals surface area contributed by atoms with E-state index in [1.807, 2.05) is 35.2 Å². The first-order valence-electron chi connectivity index (χ1n) is 10.7. The molecule has 4 aromatic rings. The monoisotopic (exact) mass is 490 g/mol. The van der Waals surface area contributed by atoms with E-state index in [0.717, 1.165) is 11.1 Å². The number of alkyl halides is 3. The number of fused-ring (bicyclic) bond motifs is 1. The van der Waals surface area contributed by atoms with Crippen LogP contribution in [0.3, 0.4) is 0 Å². The number of benzene rings is 2. The SMILES string of the molecule is Oc1c(F)c(-n2cc3nc(N4CCN[C@@H](Cc5ccccc5)C4)ncc3n2)cc(C(F)(F)F)c1F. The van der Waals surface area contributed by atoms with E-state index < -0.39 is 34.8 Å².